The number of carbonyl (C=O) groups excluding carboxylic acids is 1. The Bertz CT molecular complexity index is 641. The maximum Gasteiger partial charge on any atom is 0.407 e. The second-order valence-corrected chi connectivity index (χ2v) is 6.67. The van der Waals surface area contributed by atoms with Crippen molar-refractivity contribution in [3.05, 3.63) is 36.3 Å². The fourth-order valence-electron chi connectivity index (χ4n) is 2.35. The van der Waals surface area contributed by atoms with E-state index in [0.717, 1.165) is 17.8 Å². The Labute approximate surface area is 129 Å². The van der Waals surface area contributed by atoms with Crippen LogP contribution < -0.4 is 10.6 Å². The molecule has 22 heavy (non-hydrogen) atoms. The smallest absolute Gasteiger partial charge is 0.407 e. The SMILES string of the molecule is CC(C)(C)OC(=O)NC1CC1NCc1cn2ccccc2n1. The highest BCUT2D eigenvalue weighted by Crippen LogP contribution is 2.22. The largest absolute Gasteiger partial charge is 0.444 e. The number of rotatable bonds is 4. The summed E-state index contributed by atoms with van der Waals surface area (Å²) in [7, 11) is 0. The quantitative estimate of drug-likeness (QED) is 0.907. The Hall–Kier alpha value is -2.08. The number of hydrogen-bond donors (Lipinski definition) is 2. The van der Waals surface area contributed by atoms with Crippen molar-refractivity contribution in [2.24, 2.45) is 0 Å². The van der Waals surface area contributed by atoms with E-state index in [-0.39, 0.29) is 18.2 Å². The molecule has 1 saturated carbocycles. The molecule has 3 rings (SSSR count). The molecule has 1 aliphatic carbocycles. The minimum atomic E-state index is -0.460. The minimum absolute atomic E-state index is 0.145. The third-order valence-corrected chi connectivity index (χ3v) is 3.45. The summed E-state index contributed by atoms with van der Waals surface area (Å²) in [6, 6.07) is 6.37. The second-order valence-electron chi connectivity index (χ2n) is 6.67. The van der Waals surface area contributed by atoms with Crippen LogP contribution in [0.1, 0.15) is 32.9 Å². The molecule has 0 spiro atoms. The van der Waals surface area contributed by atoms with Crippen LogP contribution >= 0.6 is 0 Å². The number of fused-ring (bicyclic) bond motifs is 1. The first kappa shape index (κ1) is 14.8. The van der Waals surface area contributed by atoms with Crippen molar-refractivity contribution in [1.82, 2.24) is 20.0 Å². The van der Waals surface area contributed by atoms with Crippen LogP contribution in [-0.4, -0.2) is 33.2 Å². The Morgan fingerprint density at radius 1 is 1.41 bits per heavy atom. The molecule has 0 bridgehead atoms. The Morgan fingerprint density at radius 3 is 2.95 bits per heavy atom. The molecule has 2 atom stereocenters. The molecule has 2 heterocycles. The topological polar surface area (TPSA) is 67.7 Å². The molecule has 1 amide bonds. The third-order valence-electron chi connectivity index (χ3n) is 3.45. The monoisotopic (exact) mass is 302 g/mol. The van der Waals surface area contributed by atoms with Gasteiger partial charge in [0.2, 0.25) is 0 Å². The van der Waals surface area contributed by atoms with E-state index in [1.54, 1.807) is 0 Å². The van der Waals surface area contributed by atoms with Gasteiger partial charge in [-0.3, -0.25) is 0 Å². The molecule has 1 fully saturated rings. The summed E-state index contributed by atoms with van der Waals surface area (Å²) < 4.78 is 7.25. The maximum absolute atomic E-state index is 11.7. The molecule has 6 heteroatoms. The summed E-state index contributed by atoms with van der Waals surface area (Å²) >= 11 is 0. The highest BCUT2D eigenvalue weighted by molar-refractivity contribution is 5.68. The van der Waals surface area contributed by atoms with E-state index in [9.17, 15) is 4.79 Å². The summed E-state index contributed by atoms with van der Waals surface area (Å²) in [6.07, 6.45) is 4.57. The van der Waals surface area contributed by atoms with Crippen molar-refractivity contribution >= 4 is 11.7 Å². The molecule has 2 aromatic rings. The average Bonchev–Trinajstić information content (AvgIpc) is 3.00. The standard InChI is InChI=1S/C16H22N4O2/c1-16(2,3)22-15(21)19-13-8-12(13)17-9-11-10-20-7-5-4-6-14(20)18-11/h4-7,10,12-13,17H,8-9H2,1-3H3,(H,19,21). The van der Waals surface area contributed by atoms with Gasteiger partial charge in [-0.1, -0.05) is 6.07 Å². The van der Waals surface area contributed by atoms with Crippen LogP contribution in [0.4, 0.5) is 4.79 Å². The van der Waals surface area contributed by atoms with E-state index < -0.39 is 5.60 Å². The number of nitrogens with one attached hydrogen (secondary N) is 2. The lowest BCUT2D eigenvalue weighted by molar-refractivity contribution is 0.0522. The molecule has 1 aliphatic rings. The first-order valence-electron chi connectivity index (χ1n) is 7.56. The van der Waals surface area contributed by atoms with E-state index in [1.165, 1.54) is 0 Å². The third kappa shape index (κ3) is 3.76. The zero-order valence-corrected chi connectivity index (χ0v) is 13.2. The van der Waals surface area contributed by atoms with E-state index in [2.05, 4.69) is 15.6 Å². The number of amides is 1. The number of ether oxygens (including phenoxy) is 1. The molecule has 118 valence electrons. The van der Waals surface area contributed by atoms with Crippen LogP contribution in [0.5, 0.6) is 0 Å². The van der Waals surface area contributed by atoms with E-state index in [1.807, 2.05) is 55.8 Å². The van der Waals surface area contributed by atoms with Crippen molar-refractivity contribution in [3.63, 3.8) is 0 Å². The van der Waals surface area contributed by atoms with Crippen molar-refractivity contribution in [3.8, 4) is 0 Å². The van der Waals surface area contributed by atoms with Crippen LogP contribution in [0.15, 0.2) is 30.6 Å². The van der Waals surface area contributed by atoms with Crippen LogP contribution in [-0.2, 0) is 11.3 Å². The van der Waals surface area contributed by atoms with Gasteiger partial charge < -0.3 is 19.8 Å². The number of pyridine rings is 1. The first-order chi connectivity index (χ1) is 10.4. The average molecular weight is 302 g/mol. The first-order valence-corrected chi connectivity index (χ1v) is 7.56. The molecule has 2 N–H and O–H groups in total. The highest BCUT2D eigenvalue weighted by atomic mass is 16.6. The molecule has 0 aromatic carbocycles. The summed E-state index contributed by atoms with van der Waals surface area (Å²) in [6.45, 7) is 6.27. The summed E-state index contributed by atoms with van der Waals surface area (Å²) in [5.74, 6) is 0. The lowest BCUT2D eigenvalue weighted by Crippen LogP contribution is -2.36. The summed E-state index contributed by atoms with van der Waals surface area (Å²) in [5.41, 5.74) is 1.48. The van der Waals surface area contributed by atoms with E-state index >= 15 is 0 Å². The van der Waals surface area contributed by atoms with Gasteiger partial charge in [0.05, 0.1) is 5.69 Å². The fourth-order valence-corrected chi connectivity index (χ4v) is 2.35. The number of imidazole rings is 1. The predicted octanol–water partition coefficient (Wildman–Crippen LogP) is 2.09. The Balaban J connectivity index is 1.45. The number of carbonyl (C=O) groups is 1. The molecule has 0 saturated heterocycles. The second kappa shape index (κ2) is 5.61. The fraction of sp³-hybridized carbons (Fsp3) is 0.500. The van der Waals surface area contributed by atoms with E-state index in [4.69, 9.17) is 4.74 Å². The van der Waals surface area contributed by atoms with Gasteiger partial charge in [-0.2, -0.15) is 0 Å². The lowest BCUT2D eigenvalue weighted by Gasteiger charge is -2.19. The zero-order chi connectivity index (χ0) is 15.7. The van der Waals surface area contributed by atoms with Crippen molar-refractivity contribution < 1.29 is 9.53 Å². The molecular weight excluding hydrogens is 280 g/mol. The Morgan fingerprint density at radius 2 is 2.23 bits per heavy atom. The van der Waals surface area contributed by atoms with Gasteiger partial charge in [0.1, 0.15) is 11.2 Å². The van der Waals surface area contributed by atoms with Crippen molar-refractivity contribution in [1.29, 1.82) is 0 Å². The number of hydrogen-bond acceptors (Lipinski definition) is 4. The van der Waals surface area contributed by atoms with Crippen LogP contribution in [0.25, 0.3) is 5.65 Å². The molecular formula is C16H22N4O2. The minimum Gasteiger partial charge on any atom is -0.444 e. The normalized spacial score (nSPS) is 20.9. The molecule has 0 radical (unpaired) electrons. The van der Waals surface area contributed by atoms with Gasteiger partial charge in [-0.05, 0) is 39.3 Å². The number of aromatic nitrogens is 2. The molecule has 2 unspecified atom stereocenters. The Kier molecular flexibility index (Phi) is 3.78. The predicted molar refractivity (Wildman–Crippen MR) is 83.6 cm³/mol. The number of nitrogens with zero attached hydrogens (tertiary/aromatic N) is 2. The van der Waals surface area contributed by atoms with Gasteiger partial charge in [-0.25, -0.2) is 9.78 Å². The van der Waals surface area contributed by atoms with Gasteiger partial charge in [0, 0.05) is 31.0 Å². The van der Waals surface area contributed by atoms with Crippen LogP contribution in [0.2, 0.25) is 0 Å². The van der Waals surface area contributed by atoms with Gasteiger partial charge in [-0.15, -0.1) is 0 Å². The van der Waals surface area contributed by atoms with Crippen LogP contribution in [0, 0.1) is 0 Å². The molecule has 0 aliphatic heterocycles. The maximum atomic E-state index is 11.7. The van der Waals surface area contributed by atoms with Crippen molar-refractivity contribution in [2.75, 3.05) is 0 Å². The summed E-state index contributed by atoms with van der Waals surface area (Å²) in [4.78, 5) is 16.2. The number of alkyl carbamates (subject to hydrolysis) is 1. The zero-order valence-electron chi connectivity index (χ0n) is 13.2. The van der Waals surface area contributed by atoms with Gasteiger partial charge >= 0.3 is 6.09 Å². The van der Waals surface area contributed by atoms with Gasteiger partial charge in [0.15, 0.2) is 0 Å². The molecule has 2 aromatic heterocycles. The highest BCUT2D eigenvalue weighted by Gasteiger charge is 2.38. The van der Waals surface area contributed by atoms with Gasteiger partial charge in [0.25, 0.3) is 0 Å². The summed E-state index contributed by atoms with van der Waals surface area (Å²) in [5, 5.41) is 6.28. The van der Waals surface area contributed by atoms with E-state index in [0.29, 0.717) is 6.54 Å². The van der Waals surface area contributed by atoms with Crippen molar-refractivity contribution in [2.45, 2.75) is 51.4 Å². The lowest BCUT2D eigenvalue weighted by atomic mass is 10.2. The van der Waals surface area contributed by atoms with Crippen LogP contribution in [0.3, 0.4) is 0 Å². The molecule has 6 nitrogen and oxygen atoms in total.